The molecule has 5 nitrogen and oxygen atoms in total. The van der Waals surface area contributed by atoms with Crippen LogP contribution in [0.1, 0.15) is 28.4 Å². The lowest BCUT2D eigenvalue weighted by Gasteiger charge is -2.12. The van der Waals surface area contributed by atoms with Crippen LogP contribution < -0.4 is 5.32 Å². The van der Waals surface area contributed by atoms with Gasteiger partial charge in [0, 0.05) is 34.2 Å². The minimum Gasteiger partial charge on any atom is -0.304 e. The molecular weight excluding hydrogens is 342 g/mol. The average molecular weight is 356 g/mol. The Kier molecular flexibility index (Phi) is 4.85. The average Bonchev–Trinajstić information content (AvgIpc) is 2.83. The smallest absolute Gasteiger partial charge is 0.270 e. The number of hydrogen-bond acceptors (Lipinski definition) is 5. The molecule has 1 aromatic heterocycles. The third kappa shape index (κ3) is 3.62. The van der Waals surface area contributed by atoms with Gasteiger partial charge in [-0.1, -0.05) is 15.9 Å². The fraction of sp³-hybridized carbons (Fsp3) is 0.308. The van der Waals surface area contributed by atoms with Gasteiger partial charge in [-0.25, -0.2) is 4.98 Å². The lowest BCUT2D eigenvalue weighted by atomic mass is 10.2. The summed E-state index contributed by atoms with van der Waals surface area (Å²) in [7, 11) is 0. The predicted molar refractivity (Wildman–Crippen MR) is 82.9 cm³/mol. The molecule has 0 saturated heterocycles. The molecule has 106 valence electrons. The second-order valence-corrected chi connectivity index (χ2v) is 6.57. The first-order valence-corrected chi connectivity index (χ1v) is 7.67. The first-order chi connectivity index (χ1) is 9.47. The monoisotopic (exact) mass is 355 g/mol. The Hall–Kier alpha value is -1.31. The van der Waals surface area contributed by atoms with E-state index in [1.807, 2.05) is 13.1 Å². The van der Waals surface area contributed by atoms with Crippen LogP contribution in [0.15, 0.2) is 28.9 Å². The van der Waals surface area contributed by atoms with Crippen LogP contribution in [0.2, 0.25) is 0 Å². The van der Waals surface area contributed by atoms with Crippen LogP contribution in [0.5, 0.6) is 0 Å². The molecule has 1 atom stereocenters. The number of nitrogens with one attached hydrogen (secondary N) is 1. The summed E-state index contributed by atoms with van der Waals surface area (Å²) >= 11 is 5.04. The number of hydrogen-bond donors (Lipinski definition) is 1. The lowest BCUT2D eigenvalue weighted by Crippen LogP contribution is -2.18. The van der Waals surface area contributed by atoms with E-state index < -0.39 is 4.92 Å². The molecule has 7 heteroatoms. The zero-order valence-corrected chi connectivity index (χ0v) is 13.5. The number of non-ortho nitro benzene ring substituents is 1. The fourth-order valence-electron chi connectivity index (χ4n) is 1.72. The predicted octanol–water partition coefficient (Wildman–Crippen LogP) is 3.97. The van der Waals surface area contributed by atoms with E-state index in [0.29, 0.717) is 6.54 Å². The maximum absolute atomic E-state index is 10.7. The van der Waals surface area contributed by atoms with Crippen molar-refractivity contribution in [3.63, 3.8) is 0 Å². The van der Waals surface area contributed by atoms with Gasteiger partial charge < -0.3 is 5.32 Å². The van der Waals surface area contributed by atoms with Crippen LogP contribution >= 0.6 is 27.3 Å². The van der Waals surface area contributed by atoms with Crippen LogP contribution in [0, 0.1) is 17.0 Å². The summed E-state index contributed by atoms with van der Waals surface area (Å²) < 4.78 is 0.738. The normalized spacial score (nSPS) is 12.3. The maximum Gasteiger partial charge on any atom is 0.270 e. The molecule has 0 saturated carbocycles. The van der Waals surface area contributed by atoms with Gasteiger partial charge in [0.2, 0.25) is 0 Å². The van der Waals surface area contributed by atoms with Gasteiger partial charge in [0.05, 0.1) is 11.0 Å². The van der Waals surface area contributed by atoms with Crippen molar-refractivity contribution in [1.29, 1.82) is 0 Å². The van der Waals surface area contributed by atoms with Gasteiger partial charge in [0.25, 0.3) is 5.69 Å². The molecule has 1 unspecified atom stereocenters. The molecule has 1 N–H and O–H groups in total. The molecule has 0 aliphatic carbocycles. The number of benzene rings is 1. The van der Waals surface area contributed by atoms with E-state index in [0.717, 1.165) is 15.0 Å². The molecule has 0 amide bonds. The maximum atomic E-state index is 10.7. The highest BCUT2D eigenvalue weighted by molar-refractivity contribution is 9.10. The highest BCUT2D eigenvalue weighted by Gasteiger charge is 2.12. The molecule has 0 bridgehead atoms. The Morgan fingerprint density at radius 2 is 2.30 bits per heavy atom. The van der Waals surface area contributed by atoms with Crippen molar-refractivity contribution in [1.82, 2.24) is 10.3 Å². The molecule has 2 rings (SSSR count). The summed E-state index contributed by atoms with van der Waals surface area (Å²) in [5.74, 6) is 0. The second-order valence-electron chi connectivity index (χ2n) is 4.44. The van der Waals surface area contributed by atoms with Crippen molar-refractivity contribution in [2.75, 3.05) is 0 Å². The van der Waals surface area contributed by atoms with E-state index in [9.17, 15) is 10.1 Å². The van der Waals surface area contributed by atoms with E-state index >= 15 is 0 Å². The van der Waals surface area contributed by atoms with Crippen molar-refractivity contribution >= 4 is 33.0 Å². The second kappa shape index (κ2) is 6.43. The summed E-state index contributed by atoms with van der Waals surface area (Å²) in [4.78, 5) is 15.8. The number of nitrogens with zero attached hydrogens (tertiary/aromatic N) is 2. The highest BCUT2D eigenvalue weighted by Crippen LogP contribution is 2.24. The van der Waals surface area contributed by atoms with Gasteiger partial charge >= 0.3 is 0 Å². The standard InChI is InChI=1S/C13H14BrN3O2S/c1-8-6-16-13(20-8)9(2)15-7-10-3-4-11(17(18)19)5-12(10)14/h3-6,9,15H,7H2,1-2H3. The number of nitro benzene ring substituents is 1. The molecular formula is C13H14BrN3O2S. The summed E-state index contributed by atoms with van der Waals surface area (Å²) in [6.45, 7) is 4.71. The molecule has 20 heavy (non-hydrogen) atoms. The molecule has 0 aliphatic rings. The number of nitro groups is 1. The zero-order valence-electron chi connectivity index (χ0n) is 11.1. The summed E-state index contributed by atoms with van der Waals surface area (Å²) in [5.41, 5.74) is 1.07. The number of halogens is 1. The van der Waals surface area contributed by atoms with Gasteiger partial charge in [-0.2, -0.15) is 0 Å². The minimum atomic E-state index is -0.400. The number of rotatable bonds is 5. The third-order valence-corrected chi connectivity index (χ3v) is 4.69. The number of thiazole rings is 1. The van der Waals surface area contributed by atoms with Crippen LogP contribution in [-0.4, -0.2) is 9.91 Å². The van der Waals surface area contributed by atoms with Crippen LogP contribution in [0.3, 0.4) is 0 Å². The zero-order chi connectivity index (χ0) is 14.7. The molecule has 0 spiro atoms. The van der Waals surface area contributed by atoms with Crippen molar-refractivity contribution in [2.24, 2.45) is 0 Å². The Balaban J connectivity index is 2.02. The van der Waals surface area contributed by atoms with E-state index in [1.165, 1.54) is 17.0 Å². The minimum absolute atomic E-state index is 0.0872. The fourth-order valence-corrected chi connectivity index (χ4v) is 3.02. The summed E-state index contributed by atoms with van der Waals surface area (Å²) in [6, 6.07) is 4.94. The molecule has 0 radical (unpaired) electrons. The van der Waals surface area contributed by atoms with Crippen molar-refractivity contribution < 1.29 is 4.92 Å². The van der Waals surface area contributed by atoms with Crippen molar-refractivity contribution in [2.45, 2.75) is 26.4 Å². The van der Waals surface area contributed by atoms with Gasteiger partial charge in [-0.15, -0.1) is 11.3 Å². The SMILES string of the molecule is Cc1cnc(C(C)NCc2ccc([N+](=O)[O-])cc2Br)s1. The van der Waals surface area contributed by atoms with Crippen molar-refractivity contribution in [3.8, 4) is 0 Å². The molecule has 0 fully saturated rings. The largest absolute Gasteiger partial charge is 0.304 e. The first-order valence-electron chi connectivity index (χ1n) is 6.06. The molecule has 1 heterocycles. The van der Waals surface area contributed by atoms with Crippen LogP contribution in [0.4, 0.5) is 5.69 Å². The summed E-state index contributed by atoms with van der Waals surface area (Å²) in [6.07, 6.45) is 1.86. The molecule has 2 aromatic rings. The Morgan fingerprint density at radius 1 is 1.55 bits per heavy atom. The van der Waals surface area contributed by atoms with Gasteiger partial charge in [-0.3, -0.25) is 10.1 Å². The van der Waals surface area contributed by atoms with E-state index in [4.69, 9.17) is 0 Å². The Labute approximate surface area is 129 Å². The van der Waals surface area contributed by atoms with Gasteiger partial charge in [-0.05, 0) is 25.5 Å². The number of aryl methyl sites for hydroxylation is 1. The van der Waals surface area contributed by atoms with Crippen LogP contribution in [0.25, 0.3) is 0 Å². The molecule has 1 aromatic carbocycles. The van der Waals surface area contributed by atoms with E-state index in [-0.39, 0.29) is 11.7 Å². The number of aromatic nitrogens is 1. The Morgan fingerprint density at radius 3 is 2.85 bits per heavy atom. The molecule has 0 aliphatic heterocycles. The quantitative estimate of drug-likeness (QED) is 0.650. The summed E-state index contributed by atoms with van der Waals surface area (Å²) in [5, 5.41) is 15.1. The van der Waals surface area contributed by atoms with Gasteiger partial charge in [0.1, 0.15) is 5.01 Å². The first kappa shape index (κ1) is 15.1. The van der Waals surface area contributed by atoms with Gasteiger partial charge in [0.15, 0.2) is 0 Å². The Bertz CT molecular complexity index is 630. The van der Waals surface area contributed by atoms with Crippen molar-refractivity contribution in [3.05, 3.63) is 54.4 Å². The van der Waals surface area contributed by atoms with E-state index in [1.54, 1.807) is 17.4 Å². The lowest BCUT2D eigenvalue weighted by molar-refractivity contribution is -0.384. The van der Waals surface area contributed by atoms with Crippen LogP contribution in [-0.2, 0) is 6.54 Å². The third-order valence-electron chi connectivity index (χ3n) is 2.86. The highest BCUT2D eigenvalue weighted by atomic mass is 79.9. The van der Waals surface area contributed by atoms with E-state index in [2.05, 4.69) is 33.2 Å². The topological polar surface area (TPSA) is 68.1 Å².